The van der Waals surface area contributed by atoms with E-state index in [-0.39, 0.29) is 41.7 Å². The van der Waals surface area contributed by atoms with E-state index in [0.29, 0.717) is 25.1 Å². The van der Waals surface area contributed by atoms with Crippen LogP contribution in [-0.4, -0.2) is 83.0 Å². The average molecular weight is 556 g/mol. The number of ether oxygens (including phenoxy) is 1. The van der Waals surface area contributed by atoms with Crippen LogP contribution in [0, 0.1) is 17.5 Å². The lowest BCUT2D eigenvalue weighted by Crippen LogP contribution is -2.58. The van der Waals surface area contributed by atoms with Crippen LogP contribution in [-0.2, 0) is 4.79 Å². The number of halogens is 3. The lowest BCUT2D eigenvalue weighted by Gasteiger charge is -2.41. The molecule has 1 aromatic heterocycles. The topological polar surface area (TPSA) is 117 Å². The van der Waals surface area contributed by atoms with Gasteiger partial charge in [-0.15, -0.1) is 0 Å². The number of nitrogens with zero attached hydrogens (tertiary/aromatic N) is 6. The number of urea groups is 1. The van der Waals surface area contributed by atoms with Crippen LogP contribution in [0.2, 0.25) is 0 Å². The first-order chi connectivity index (χ1) is 19.3. The number of aromatic nitrogens is 1. The fourth-order valence-corrected chi connectivity index (χ4v) is 4.99. The van der Waals surface area contributed by atoms with Crippen molar-refractivity contribution in [2.75, 3.05) is 33.2 Å². The lowest BCUT2D eigenvalue weighted by atomic mass is 10.0. The van der Waals surface area contributed by atoms with Crippen LogP contribution in [0.4, 0.5) is 18.0 Å². The molecule has 0 saturated carbocycles. The third-order valence-corrected chi connectivity index (χ3v) is 7.04. The summed E-state index contributed by atoms with van der Waals surface area (Å²) in [6.45, 7) is 1.53. The number of amides is 3. The molecule has 210 valence electrons. The lowest BCUT2D eigenvalue weighted by molar-refractivity contribution is -0.125. The highest BCUT2D eigenvalue weighted by Crippen LogP contribution is 2.32. The van der Waals surface area contributed by atoms with Crippen LogP contribution in [0.25, 0.3) is 0 Å². The Morgan fingerprint density at radius 1 is 1.07 bits per heavy atom. The molecule has 2 fully saturated rings. The predicted molar refractivity (Wildman–Crippen MR) is 140 cm³/mol. The summed E-state index contributed by atoms with van der Waals surface area (Å²) in [6.07, 6.45) is 5.27. The first-order valence-electron chi connectivity index (χ1n) is 12.9. The van der Waals surface area contributed by atoms with Gasteiger partial charge in [-0.05, 0) is 30.5 Å². The smallest absolute Gasteiger partial charge is 0.341 e. The van der Waals surface area contributed by atoms with E-state index >= 15 is 0 Å². The van der Waals surface area contributed by atoms with Gasteiger partial charge in [0, 0.05) is 51.1 Å². The van der Waals surface area contributed by atoms with E-state index in [1.807, 2.05) is 0 Å². The fraction of sp³-hybridized carbons (Fsp3) is 0.370. The fourth-order valence-electron chi connectivity index (χ4n) is 4.99. The predicted octanol–water partition coefficient (Wildman–Crippen LogP) is 3.00. The number of hydrazone groups is 1. The second-order valence-corrected chi connectivity index (χ2v) is 9.68. The average Bonchev–Trinajstić information content (AvgIpc) is 3.62. The number of rotatable bonds is 6. The van der Waals surface area contributed by atoms with Gasteiger partial charge in [0.2, 0.25) is 0 Å². The Hall–Kier alpha value is -4.42. The zero-order valence-electron chi connectivity index (χ0n) is 21.8. The van der Waals surface area contributed by atoms with Crippen LogP contribution < -0.4 is 10.5 Å². The summed E-state index contributed by atoms with van der Waals surface area (Å²) in [6, 6.07) is 3.36. The van der Waals surface area contributed by atoms with Gasteiger partial charge in [-0.2, -0.15) is 5.10 Å². The number of pyridine rings is 1. The van der Waals surface area contributed by atoms with Gasteiger partial charge in [-0.1, -0.05) is 0 Å². The minimum atomic E-state index is -0.740. The summed E-state index contributed by atoms with van der Waals surface area (Å²) in [5.41, 5.74) is 6.66. The van der Waals surface area contributed by atoms with Crippen molar-refractivity contribution in [2.24, 2.45) is 15.8 Å². The standard InChI is InChI=1S/C27H28F3N7O3/c1-32-25(20(12-31)26(38)35-6-2-3-7-35)22-11-24(21(30)13-33-22)40-19-14-36(15-19)27(39)37-23(4-5-34-37)16-8-17(28)10-18(29)9-16/h5,8-13,19,23H,2-4,6-7,14-15,31H2,1H3/t23-/m0/s1. The van der Waals surface area contributed by atoms with E-state index in [2.05, 4.69) is 15.1 Å². The van der Waals surface area contributed by atoms with Crippen LogP contribution >= 0.6 is 0 Å². The first kappa shape index (κ1) is 27.2. The number of hydrogen-bond acceptors (Lipinski definition) is 7. The highest BCUT2D eigenvalue weighted by Gasteiger charge is 2.39. The summed E-state index contributed by atoms with van der Waals surface area (Å²) < 4.78 is 47.9. The molecule has 3 amide bonds. The van der Waals surface area contributed by atoms with Gasteiger partial charge >= 0.3 is 6.03 Å². The van der Waals surface area contributed by atoms with E-state index in [4.69, 9.17) is 10.5 Å². The molecule has 0 spiro atoms. The van der Waals surface area contributed by atoms with Crippen molar-refractivity contribution in [3.8, 4) is 5.75 Å². The molecule has 1 atom stereocenters. The molecule has 2 aromatic rings. The SMILES string of the molecule is CN=C(C(=CN)C(=O)N1CCCC1)c1cc(OC2CN(C(=O)N3N=CC[C@H]3c3cc(F)cc(F)c3)C2)c(F)cn1. The normalized spacial score (nSPS) is 19.8. The number of aliphatic imine (C=N–C) groups is 1. The number of carbonyl (C=O) groups excluding carboxylic acids is 2. The van der Waals surface area contributed by atoms with E-state index in [9.17, 15) is 22.8 Å². The molecule has 3 aliphatic heterocycles. The second-order valence-electron chi connectivity index (χ2n) is 9.68. The summed E-state index contributed by atoms with van der Waals surface area (Å²) in [5.74, 6) is -2.58. The molecule has 2 saturated heterocycles. The maximum absolute atomic E-state index is 14.6. The molecule has 1 aromatic carbocycles. The highest BCUT2D eigenvalue weighted by atomic mass is 19.1. The van der Waals surface area contributed by atoms with E-state index in [0.717, 1.165) is 25.1 Å². The summed E-state index contributed by atoms with van der Waals surface area (Å²) in [5, 5.41) is 5.27. The number of likely N-dealkylation sites (tertiary alicyclic amines) is 2. The Morgan fingerprint density at radius 2 is 1.77 bits per heavy atom. The number of carbonyl (C=O) groups is 2. The Morgan fingerprint density at radius 3 is 2.42 bits per heavy atom. The van der Waals surface area contributed by atoms with Gasteiger partial charge in [0.15, 0.2) is 11.6 Å². The zero-order chi connectivity index (χ0) is 28.4. The number of benzene rings is 1. The molecular formula is C27H28F3N7O3. The third kappa shape index (κ3) is 5.36. The van der Waals surface area contributed by atoms with Gasteiger partial charge in [-0.25, -0.2) is 23.0 Å². The molecule has 0 aliphatic carbocycles. The first-order valence-corrected chi connectivity index (χ1v) is 12.9. The molecule has 0 bridgehead atoms. The molecule has 40 heavy (non-hydrogen) atoms. The van der Waals surface area contributed by atoms with E-state index in [1.165, 1.54) is 47.6 Å². The van der Waals surface area contributed by atoms with Crippen molar-refractivity contribution in [1.82, 2.24) is 19.8 Å². The van der Waals surface area contributed by atoms with Gasteiger partial charge in [0.1, 0.15) is 17.7 Å². The maximum atomic E-state index is 14.6. The van der Waals surface area contributed by atoms with Crippen molar-refractivity contribution in [3.05, 3.63) is 70.9 Å². The molecule has 2 N–H and O–H groups in total. The summed E-state index contributed by atoms with van der Waals surface area (Å²) in [7, 11) is 1.49. The maximum Gasteiger partial charge on any atom is 0.341 e. The van der Waals surface area contributed by atoms with Crippen molar-refractivity contribution >= 4 is 23.9 Å². The minimum absolute atomic E-state index is 0.111. The Labute approximate surface area is 228 Å². The van der Waals surface area contributed by atoms with Crippen molar-refractivity contribution < 1.29 is 27.5 Å². The zero-order valence-corrected chi connectivity index (χ0v) is 21.8. The van der Waals surface area contributed by atoms with Crippen LogP contribution in [0.3, 0.4) is 0 Å². The van der Waals surface area contributed by atoms with Crippen LogP contribution in [0.15, 0.2) is 52.3 Å². The van der Waals surface area contributed by atoms with Gasteiger partial charge < -0.3 is 20.3 Å². The largest absolute Gasteiger partial charge is 0.483 e. The van der Waals surface area contributed by atoms with E-state index in [1.54, 1.807) is 4.90 Å². The molecule has 5 rings (SSSR count). The van der Waals surface area contributed by atoms with Crippen molar-refractivity contribution in [3.63, 3.8) is 0 Å². The molecular weight excluding hydrogens is 527 g/mol. The van der Waals surface area contributed by atoms with Crippen LogP contribution in [0.5, 0.6) is 5.75 Å². The molecule has 13 heteroatoms. The van der Waals surface area contributed by atoms with E-state index < -0.39 is 35.6 Å². The molecule has 0 unspecified atom stereocenters. The third-order valence-electron chi connectivity index (χ3n) is 7.04. The summed E-state index contributed by atoms with van der Waals surface area (Å²) >= 11 is 0. The Bertz CT molecular complexity index is 1380. The molecule has 4 heterocycles. The Kier molecular flexibility index (Phi) is 7.71. The highest BCUT2D eigenvalue weighted by molar-refractivity contribution is 6.27. The van der Waals surface area contributed by atoms with Crippen molar-refractivity contribution in [1.29, 1.82) is 0 Å². The Balaban J connectivity index is 1.24. The van der Waals surface area contributed by atoms with Crippen LogP contribution in [0.1, 0.15) is 36.6 Å². The summed E-state index contributed by atoms with van der Waals surface area (Å²) in [4.78, 5) is 37.4. The minimum Gasteiger partial charge on any atom is -0.483 e. The van der Waals surface area contributed by atoms with Crippen molar-refractivity contribution in [2.45, 2.75) is 31.4 Å². The quantitative estimate of drug-likeness (QED) is 0.435. The molecule has 3 aliphatic rings. The monoisotopic (exact) mass is 555 g/mol. The number of nitrogens with two attached hydrogens (primary N) is 1. The van der Waals surface area contributed by atoms with Gasteiger partial charge in [0.05, 0.1) is 42.3 Å². The number of hydrogen-bond donors (Lipinski definition) is 1. The molecule has 10 nitrogen and oxygen atoms in total. The second kappa shape index (κ2) is 11.4. The van der Waals surface area contributed by atoms with Gasteiger partial charge in [0.25, 0.3) is 5.91 Å². The van der Waals surface area contributed by atoms with Gasteiger partial charge in [-0.3, -0.25) is 14.8 Å². The molecule has 0 radical (unpaired) electrons.